The number of fused-ring (bicyclic) bond motifs is 1. The molecule has 152 valence electrons. The van der Waals surface area contributed by atoms with E-state index in [2.05, 4.69) is 16.4 Å². The van der Waals surface area contributed by atoms with E-state index in [4.69, 9.17) is 0 Å². The number of amides is 2. The quantitative estimate of drug-likeness (QED) is 0.683. The van der Waals surface area contributed by atoms with E-state index in [0.717, 1.165) is 48.7 Å². The second kappa shape index (κ2) is 8.99. The van der Waals surface area contributed by atoms with Gasteiger partial charge in [0.15, 0.2) is 0 Å². The van der Waals surface area contributed by atoms with Crippen molar-refractivity contribution in [2.24, 2.45) is 0 Å². The average Bonchev–Trinajstić information content (AvgIpc) is 3.57. The maximum atomic E-state index is 12.8. The molecule has 4 rings (SSSR count). The zero-order valence-corrected chi connectivity index (χ0v) is 17.6. The number of hydrogen-bond donors (Lipinski definition) is 1. The molecule has 5 nitrogen and oxygen atoms in total. The normalized spacial score (nSPS) is 16.4. The third-order valence-corrected chi connectivity index (χ3v) is 6.32. The summed E-state index contributed by atoms with van der Waals surface area (Å²) in [7, 11) is 0. The second-order valence-corrected chi connectivity index (χ2v) is 8.64. The monoisotopic (exact) mass is 409 g/mol. The molecule has 1 heterocycles. The molecule has 0 unspecified atom stereocenters. The van der Waals surface area contributed by atoms with Crippen LogP contribution in [0.5, 0.6) is 0 Å². The predicted octanol–water partition coefficient (Wildman–Crippen LogP) is 4.53. The number of aromatic nitrogens is 1. The summed E-state index contributed by atoms with van der Waals surface area (Å²) >= 11 is 1.41. The molecule has 1 N–H and O–H groups in total. The third kappa shape index (κ3) is 4.81. The van der Waals surface area contributed by atoms with Crippen LogP contribution >= 0.6 is 11.8 Å². The Hall–Kier alpha value is -2.34. The van der Waals surface area contributed by atoms with Gasteiger partial charge in [0.25, 0.3) is 5.91 Å². The van der Waals surface area contributed by atoms with Crippen LogP contribution in [0.25, 0.3) is 10.9 Å². The minimum absolute atomic E-state index is 0.0539. The van der Waals surface area contributed by atoms with Crippen LogP contribution in [0, 0.1) is 0 Å². The molecule has 0 saturated heterocycles. The lowest BCUT2D eigenvalue weighted by Crippen LogP contribution is -2.32. The summed E-state index contributed by atoms with van der Waals surface area (Å²) < 4.78 is 0. The molecule has 1 aromatic heterocycles. The highest BCUT2D eigenvalue weighted by molar-refractivity contribution is 7.99. The van der Waals surface area contributed by atoms with Gasteiger partial charge >= 0.3 is 0 Å². The fourth-order valence-corrected chi connectivity index (χ4v) is 4.51. The maximum Gasteiger partial charge on any atom is 0.252 e. The number of para-hydroxylation sites is 1. The Morgan fingerprint density at radius 3 is 2.79 bits per heavy atom. The van der Waals surface area contributed by atoms with Gasteiger partial charge in [-0.05, 0) is 57.6 Å². The van der Waals surface area contributed by atoms with Crippen molar-refractivity contribution in [3.05, 3.63) is 47.7 Å². The number of thioether (sulfide) groups is 1. The average molecular weight is 410 g/mol. The number of nitrogens with zero attached hydrogens (tertiary/aromatic N) is 2. The molecule has 2 aromatic rings. The molecule has 0 aliphatic heterocycles. The highest BCUT2D eigenvalue weighted by atomic mass is 32.2. The number of pyridine rings is 1. The molecule has 1 aromatic carbocycles. The SMILES string of the molecule is CCN(C(=O)CSc1cc(C(=O)NC2CC2)c2ccccc2n1)C1=CCCCC1. The molecule has 29 heavy (non-hydrogen) atoms. The molecule has 1 fully saturated rings. The van der Waals surface area contributed by atoms with E-state index in [0.29, 0.717) is 28.9 Å². The summed E-state index contributed by atoms with van der Waals surface area (Å²) in [6.45, 7) is 2.71. The van der Waals surface area contributed by atoms with E-state index in [1.165, 1.54) is 18.2 Å². The van der Waals surface area contributed by atoms with Crippen molar-refractivity contribution in [3.8, 4) is 0 Å². The van der Waals surface area contributed by atoms with Crippen LogP contribution in [0.2, 0.25) is 0 Å². The molecular formula is C23H27N3O2S. The lowest BCUT2D eigenvalue weighted by molar-refractivity contribution is -0.126. The van der Waals surface area contributed by atoms with Crippen molar-refractivity contribution < 1.29 is 9.59 Å². The lowest BCUT2D eigenvalue weighted by atomic mass is 10.0. The van der Waals surface area contributed by atoms with Crippen LogP contribution in [-0.2, 0) is 4.79 Å². The zero-order chi connectivity index (χ0) is 20.2. The molecule has 1 saturated carbocycles. The van der Waals surface area contributed by atoms with E-state index < -0.39 is 0 Å². The van der Waals surface area contributed by atoms with Gasteiger partial charge in [0.2, 0.25) is 5.91 Å². The van der Waals surface area contributed by atoms with Gasteiger partial charge in [-0.1, -0.05) is 36.0 Å². The predicted molar refractivity (Wildman–Crippen MR) is 117 cm³/mol. The molecular weight excluding hydrogens is 382 g/mol. The smallest absolute Gasteiger partial charge is 0.252 e. The van der Waals surface area contributed by atoms with E-state index in [1.54, 1.807) is 0 Å². The van der Waals surface area contributed by atoms with Gasteiger partial charge in [-0.3, -0.25) is 9.59 Å². The number of carbonyl (C=O) groups is 2. The Morgan fingerprint density at radius 1 is 1.24 bits per heavy atom. The summed E-state index contributed by atoms with van der Waals surface area (Å²) in [6, 6.07) is 9.82. The van der Waals surface area contributed by atoms with E-state index in [9.17, 15) is 9.59 Å². The van der Waals surface area contributed by atoms with Crippen LogP contribution < -0.4 is 5.32 Å². The Kier molecular flexibility index (Phi) is 6.19. The number of allylic oxidation sites excluding steroid dienone is 2. The lowest BCUT2D eigenvalue weighted by Gasteiger charge is -2.26. The van der Waals surface area contributed by atoms with Gasteiger partial charge in [0.05, 0.1) is 21.9 Å². The van der Waals surface area contributed by atoms with Crippen molar-refractivity contribution >= 4 is 34.5 Å². The summed E-state index contributed by atoms with van der Waals surface area (Å²) in [5.41, 5.74) is 2.58. The first kappa shape index (κ1) is 20.0. The molecule has 6 heteroatoms. The highest BCUT2D eigenvalue weighted by Crippen LogP contribution is 2.27. The van der Waals surface area contributed by atoms with E-state index in [1.807, 2.05) is 42.2 Å². The summed E-state index contributed by atoms with van der Waals surface area (Å²) in [5.74, 6) is 0.367. The van der Waals surface area contributed by atoms with Crippen LogP contribution in [0.3, 0.4) is 0 Å². The fraction of sp³-hybridized carbons (Fsp3) is 0.435. The van der Waals surface area contributed by atoms with Gasteiger partial charge in [0, 0.05) is 23.7 Å². The Morgan fingerprint density at radius 2 is 2.07 bits per heavy atom. The maximum absolute atomic E-state index is 12.8. The minimum Gasteiger partial charge on any atom is -0.349 e. The van der Waals surface area contributed by atoms with Gasteiger partial charge in [-0.25, -0.2) is 4.98 Å². The van der Waals surface area contributed by atoms with Crippen molar-refractivity contribution in [1.29, 1.82) is 0 Å². The number of nitrogens with one attached hydrogen (secondary N) is 1. The summed E-state index contributed by atoms with van der Waals surface area (Å²) in [4.78, 5) is 32.1. The number of benzene rings is 1. The Labute approximate surface area is 175 Å². The van der Waals surface area contributed by atoms with Crippen LogP contribution in [0.1, 0.15) is 55.8 Å². The summed E-state index contributed by atoms with van der Waals surface area (Å²) in [6.07, 6.45) is 8.68. The van der Waals surface area contributed by atoms with E-state index >= 15 is 0 Å². The first-order chi connectivity index (χ1) is 14.2. The zero-order valence-electron chi connectivity index (χ0n) is 16.8. The Balaban J connectivity index is 1.52. The topological polar surface area (TPSA) is 62.3 Å². The van der Waals surface area contributed by atoms with Crippen molar-refractivity contribution in [2.45, 2.75) is 56.5 Å². The molecule has 2 aliphatic carbocycles. The molecule has 0 bridgehead atoms. The minimum atomic E-state index is -0.0539. The number of hydrogen-bond acceptors (Lipinski definition) is 4. The molecule has 2 aliphatic rings. The standard InChI is InChI=1S/C23H27N3O2S/c1-2-26(17-8-4-3-5-9-17)22(27)15-29-21-14-19(23(28)24-16-12-13-16)18-10-6-7-11-20(18)25-21/h6-8,10-11,14,16H,2-5,9,12-13,15H2,1H3,(H,24,28). The molecule has 0 spiro atoms. The van der Waals surface area contributed by atoms with Gasteiger partial charge in [-0.2, -0.15) is 0 Å². The van der Waals surface area contributed by atoms with E-state index in [-0.39, 0.29) is 11.8 Å². The summed E-state index contributed by atoms with van der Waals surface area (Å²) in [5, 5.41) is 4.63. The van der Waals surface area contributed by atoms with Crippen LogP contribution in [0.15, 0.2) is 47.1 Å². The fourth-order valence-electron chi connectivity index (χ4n) is 3.72. The van der Waals surface area contributed by atoms with Crippen molar-refractivity contribution in [3.63, 3.8) is 0 Å². The van der Waals surface area contributed by atoms with Gasteiger partial charge in [0.1, 0.15) is 0 Å². The third-order valence-electron chi connectivity index (χ3n) is 5.42. The van der Waals surface area contributed by atoms with Crippen LogP contribution in [-0.4, -0.2) is 40.0 Å². The Bertz CT molecular complexity index is 952. The van der Waals surface area contributed by atoms with Gasteiger partial charge < -0.3 is 10.2 Å². The molecule has 2 amide bonds. The van der Waals surface area contributed by atoms with Gasteiger partial charge in [-0.15, -0.1) is 0 Å². The van der Waals surface area contributed by atoms with Crippen LogP contribution in [0.4, 0.5) is 0 Å². The van der Waals surface area contributed by atoms with Crippen molar-refractivity contribution in [1.82, 2.24) is 15.2 Å². The largest absolute Gasteiger partial charge is 0.349 e. The molecule has 0 radical (unpaired) electrons. The van der Waals surface area contributed by atoms with Crippen molar-refractivity contribution in [2.75, 3.05) is 12.3 Å². The second-order valence-electron chi connectivity index (χ2n) is 7.64. The number of carbonyl (C=O) groups excluding carboxylic acids is 2. The highest BCUT2D eigenvalue weighted by Gasteiger charge is 2.25. The number of rotatable bonds is 7. The first-order valence-corrected chi connectivity index (χ1v) is 11.5. The first-order valence-electron chi connectivity index (χ1n) is 10.5. The molecule has 0 atom stereocenters.